The zero-order chi connectivity index (χ0) is 17.4. The van der Waals surface area contributed by atoms with Crippen molar-refractivity contribution in [2.45, 2.75) is 20.8 Å². The van der Waals surface area contributed by atoms with Crippen LogP contribution < -0.4 is 10.2 Å². The summed E-state index contributed by atoms with van der Waals surface area (Å²) in [6.07, 6.45) is 3.60. The quantitative estimate of drug-likeness (QED) is 0.648. The second-order valence-electron chi connectivity index (χ2n) is 5.60. The third-order valence-corrected chi connectivity index (χ3v) is 3.41. The molecule has 0 atom stereocenters. The van der Waals surface area contributed by atoms with Gasteiger partial charge in [-0.25, -0.2) is 5.43 Å². The van der Waals surface area contributed by atoms with Crippen LogP contribution in [-0.4, -0.2) is 18.7 Å². The molecule has 124 valence electrons. The average molecular weight is 322 g/mol. The van der Waals surface area contributed by atoms with Crippen LogP contribution in [0.25, 0.3) is 6.08 Å². The number of hydrazone groups is 1. The molecule has 0 unspecified atom stereocenters. The topological polar surface area (TPSA) is 50.7 Å². The van der Waals surface area contributed by atoms with Crippen molar-refractivity contribution < 1.29 is 9.53 Å². The van der Waals surface area contributed by atoms with Crippen molar-refractivity contribution in [3.8, 4) is 5.75 Å². The van der Waals surface area contributed by atoms with Crippen LogP contribution >= 0.6 is 0 Å². The van der Waals surface area contributed by atoms with E-state index in [1.54, 1.807) is 6.21 Å². The molecule has 0 saturated heterocycles. The van der Waals surface area contributed by atoms with Crippen LogP contribution in [0.15, 0.2) is 59.2 Å². The van der Waals surface area contributed by atoms with Gasteiger partial charge in [0, 0.05) is 0 Å². The van der Waals surface area contributed by atoms with Gasteiger partial charge in [-0.1, -0.05) is 54.6 Å². The Kier molecular flexibility index (Phi) is 6.32. The van der Waals surface area contributed by atoms with E-state index in [0.717, 1.165) is 28.0 Å². The number of allylic oxidation sites excluding steroid dienone is 1. The normalized spacial score (nSPS) is 11.5. The molecule has 4 nitrogen and oxygen atoms in total. The minimum atomic E-state index is -0.290. The van der Waals surface area contributed by atoms with Crippen molar-refractivity contribution in [3.63, 3.8) is 0 Å². The van der Waals surface area contributed by atoms with E-state index < -0.39 is 0 Å². The van der Waals surface area contributed by atoms with Crippen molar-refractivity contribution in [1.29, 1.82) is 0 Å². The number of aryl methyl sites for hydroxylation is 2. The molecule has 0 aliphatic carbocycles. The molecule has 0 aromatic heterocycles. The van der Waals surface area contributed by atoms with Crippen LogP contribution in [0.3, 0.4) is 0 Å². The van der Waals surface area contributed by atoms with Gasteiger partial charge in [-0.15, -0.1) is 0 Å². The SMILES string of the molecule is CC(/C=N\NC(=O)COc1c(C)cccc1C)=C\c1ccccc1. The zero-order valence-corrected chi connectivity index (χ0v) is 14.2. The zero-order valence-electron chi connectivity index (χ0n) is 14.2. The molecule has 4 heteroatoms. The maximum Gasteiger partial charge on any atom is 0.277 e. The number of nitrogens with zero attached hydrogens (tertiary/aromatic N) is 1. The summed E-state index contributed by atoms with van der Waals surface area (Å²) < 4.78 is 5.58. The standard InChI is InChI=1S/C20H22N2O2/c1-15(12-18-10-5-4-6-11-18)13-21-22-19(23)14-24-20-16(2)8-7-9-17(20)3/h4-13H,14H2,1-3H3,(H,22,23)/b15-12+,21-13-. The first-order valence-electron chi connectivity index (χ1n) is 7.80. The minimum Gasteiger partial charge on any atom is -0.483 e. The van der Waals surface area contributed by atoms with E-state index in [4.69, 9.17) is 4.74 Å². The number of carbonyl (C=O) groups excluding carboxylic acids is 1. The first-order valence-corrected chi connectivity index (χ1v) is 7.80. The average Bonchev–Trinajstić information content (AvgIpc) is 2.55. The second kappa shape index (κ2) is 8.67. The van der Waals surface area contributed by atoms with Crippen molar-refractivity contribution in [2.75, 3.05) is 6.61 Å². The molecule has 1 amide bonds. The monoisotopic (exact) mass is 322 g/mol. The lowest BCUT2D eigenvalue weighted by Gasteiger charge is -2.10. The fraction of sp³-hybridized carbons (Fsp3) is 0.200. The smallest absolute Gasteiger partial charge is 0.277 e. The predicted molar refractivity (Wildman–Crippen MR) is 98.1 cm³/mol. The van der Waals surface area contributed by atoms with Crippen LogP contribution in [-0.2, 0) is 4.79 Å². The molecule has 0 heterocycles. The Morgan fingerprint density at radius 2 is 1.75 bits per heavy atom. The number of amides is 1. The highest BCUT2D eigenvalue weighted by molar-refractivity contribution is 5.86. The number of carbonyl (C=O) groups is 1. The van der Waals surface area contributed by atoms with Gasteiger partial charge in [0.05, 0.1) is 6.21 Å². The van der Waals surface area contributed by atoms with Crippen molar-refractivity contribution in [1.82, 2.24) is 5.43 Å². The highest BCUT2D eigenvalue weighted by Gasteiger charge is 2.06. The van der Waals surface area contributed by atoms with Gasteiger partial charge < -0.3 is 4.74 Å². The molecule has 24 heavy (non-hydrogen) atoms. The van der Waals surface area contributed by atoms with Gasteiger partial charge in [0.15, 0.2) is 6.61 Å². The van der Waals surface area contributed by atoms with Crippen molar-refractivity contribution in [2.24, 2.45) is 5.10 Å². The third kappa shape index (κ3) is 5.39. The van der Waals surface area contributed by atoms with Crippen molar-refractivity contribution >= 4 is 18.2 Å². The minimum absolute atomic E-state index is 0.0650. The lowest BCUT2D eigenvalue weighted by atomic mass is 10.1. The first kappa shape index (κ1) is 17.5. The fourth-order valence-corrected chi connectivity index (χ4v) is 2.25. The second-order valence-corrected chi connectivity index (χ2v) is 5.60. The van der Waals surface area contributed by atoms with Crippen LogP contribution in [0.5, 0.6) is 5.75 Å². The predicted octanol–water partition coefficient (Wildman–Crippen LogP) is 3.89. The van der Waals surface area contributed by atoms with Gasteiger partial charge in [0.2, 0.25) is 0 Å². The van der Waals surface area contributed by atoms with Gasteiger partial charge in [0.25, 0.3) is 5.91 Å². The van der Waals surface area contributed by atoms with Gasteiger partial charge in [-0.3, -0.25) is 4.79 Å². The van der Waals surface area contributed by atoms with Crippen LogP contribution in [0.2, 0.25) is 0 Å². The Morgan fingerprint density at radius 3 is 2.42 bits per heavy atom. The van der Waals surface area contributed by atoms with Gasteiger partial charge in [-0.05, 0) is 43.0 Å². The number of hydrogen-bond acceptors (Lipinski definition) is 3. The molecule has 0 radical (unpaired) electrons. The molecule has 0 bridgehead atoms. The molecule has 1 N–H and O–H groups in total. The Hall–Kier alpha value is -2.88. The molecule has 0 aliphatic heterocycles. The maximum atomic E-state index is 11.8. The number of hydrogen-bond donors (Lipinski definition) is 1. The number of benzene rings is 2. The van der Waals surface area contributed by atoms with Crippen LogP contribution in [0.4, 0.5) is 0 Å². The summed E-state index contributed by atoms with van der Waals surface area (Å²) in [6, 6.07) is 15.8. The number of ether oxygens (including phenoxy) is 1. The molecule has 2 aromatic carbocycles. The molecular weight excluding hydrogens is 300 g/mol. The molecule has 0 aliphatic rings. The summed E-state index contributed by atoms with van der Waals surface area (Å²) in [6.45, 7) is 5.77. The van der Waals surface area contributed by atoms with E-state index in [2.05, 4.69) is 10.5 Å². The number of para-hydroxylation sites is 1. The summed E-state index contributed by atoms with van der Waals surface area (Å²) in [7, 11) is 0. The summed E-state index contributed by atoms with van der Waals surface area (Å²) >= 11 is 0. The number of nitrogens with one attached hydrogen (secondary N) is 1. The molecular formula is C20H22N2O2. The lowest BCUT2D eigenvalue weighted by Crippen LogP contribution is -2.25. The number of rotatable bonds is 6. The summed E-state index contributed by atoms with van der Waals surface area (Å²) in [5, 5.41) is 3.95. The maximum absolute atomic E-state index is 11.8. The molecule has 0 saturated carbocycles. The molecule has 2 aromatic rings. The van der Waals surface area contributed by atoms with Crippen LogP contribution in [0, 0.1) is 13.8 Å². The Balaban J connectivity index is 1.84. The molecule has 0 fully saturated rings. The van der Waals surface area contributed by atoms with Gasteiger partial charge in [0.1, 0.15) is 5.75 Å². The summed E-state index contributed by atoms with van der Waals surface area (Å²) in [4.78, 5) is 11.8. The highest BCUT2D eigenvalue weighted by Crippen LogP contribution is 2.21. The summed E-state index contributed by atoms with van der Waals surface area (Å²) in [5.41, 5.74) is 6.52. The van der Waals surface area contributed by atoms with Crippen LogP contribution in [0.1, 0.15) is 23.6 Å². The van der Waals surface area contributed by atoms with E-state index >= 15 is 0 Å². The fourth-order valence-electron chi connectivity index (χ4n) is 2.25. The van der Waals surface area contributed by atoms with Gasteiger partial charge >= 0.3 is 0 Å². The van der Waals surface area contributed by atoms with E-state index in [1.165, 1.54) is 0 Å². The van der Waals surface area contributed by atoms with E-state index in [9.17, 15) is 4.79 Å². The molecule has 0 spiro atoms. The van der Waals surface area contributed by atoms with E-state index in [-0.39, 0.29) is 12.5 Å². The Labute approximate surface area is 142 Å². The van der Waals surface area contributed by atoms with E-state index in [1.807, 2.05) is 75.4 Å². The first-order chi connectivity index (χ1) is 11.6. The Bertz CT molecular complexity index is 729. The third-order valence-electron chi connectivity index (χ3n) is 3.41. The molecule has 2 rings (SSSR count). The Morgan fingerprint density at radius 1 is 1.08 bits per heavy atom. The largest absolute Gasteiger partial charge is 0.483 e. The van der Waals surface area contributed by atoms with Gasteiger partial charge in [-0.2, -0.15) is 5.10 Å². The highest BCUT2D eigenvalue weighted by atomic mass is 16.5. The van der Waals surface area contributed by atoms with Crippen molar-refractivity contribution in [3.05, 3.63) is 70.8 Å². The van der Waals surface area contributed by atoms with E-state index in [0.29, 0.717) is 0 Å². The lowest BCUT2D eigenvalue weighted by molar-refractivity contribution is -0.123. The summed E-state index contributed by atoms with van der Waals surface area (Å²) in [5.74, 6) is 0.457.